The molecule has 84 valence electrons. The minimum Gasteiger partial charge on any atom is -0.396 e. The lowest BCUT2D eigenvalue weighted by atomic mass is 9.97. The first-order valence-electron chi connectivity index (χ1n) is 5.59. The predicted octanol–water partition coefficient (Wildman–Crippen LogP) is 3.14. The van der Waals surface area contributed by atoms with Crippen molar-refractivity contribution in [1.29, 1.82) is 0 Å². The normalized spacial score (nSPS) is 17.9. The monoisotopic (exact) mass is 235 g/mol. The fourth-order valence-electron chi connectivity index (χ4n) is 2.28. The van der Waals surface area contributed by atoms with Crippen LogP contribution in [0.1, 0.15) is 18.4 Å². The van der Waals surface area contributed by atoms with Crippen LogP contribution in [0.2, 0.25) is 5.02 Å². The Hall–Kier alpha value is -0.990. The van der Waals surface area contributed by atoms with Crippen molar-refractivity contribution in [2.24, 2.45) is 5.41 Å². The summed E-state index contributed by atoms with van der Waals surface area (Å²) in [5.41, 5.74) is 2.53. The number of aromatic amines is 1. The second kappa shape index (κ2) is 3.51. The van der Waals surface area contributed by atoms with Crippen molar-refractivity contribution in [2.45, 2.75) is 19.3 Å². The quantitative estimate of drug-likeness (QED) is 0.843. The van der Waals surface area contributed by atoms with Crippen molar-refractivity contribution >= 4 is 22.5 Å². The third-order valence-corrected chi connectivity index (χ3v) is 3.82. The topological polar surface area (TPSA) is 36.0 Å². The molecule has 2 nitrogen and oxygen atoms in total. The summed E-state index contributed by atoms with van der Waals surface area (Å²) in [5, 5.41) is 11.3. The van der Waals surface area contributed by atoms with Gasteiger partial charge in [-0.05, 0) is 42.4 Å². The Morgan fingerprint density at radius 1 is 1.38 bits per heavy atom. The lowest BCUT2D eigenvalue weighted by Gasteiger charge is -2.09. The molecule has 0 bridgehead atoms. The number of nitrogens with one attached hydrogen (secondary N) is 1. The minimum absolute atomic E-state index is 0.161. The van der Waals surface area contributed by atoms with Crippen LogP contribution in [-0.4, -0.2) is 16.7 Å². The van der Waals surface area contributed by atoms with Gasteiger partial charge in [0.25, 0.3) is 0 Å². The molecule has 3 rings (SSSR count). The number of aliphatic hydroxyl groups is 1. The Bertz CT molecular complexity index is 528. The summed E-state index contributed by atoms with van der Waals surface area (Å²) in [6.45, 7) is 0.299. The molecular formula is C13H14ClNO. The van der Waals surface area contributed by atoms with E-state index in [9.17, 15) is 5.11 Å². The van der Waals surface area contributed by atoms with Gasteiger partial charge in [0, 0.05) is 28.7 Å². The van der Waals surface area contributed by atoms with E-state index in [1.807, 2.05) is 18.3 Å². The molecule has 0 radical (unpaired) electrons. The van der Waals surface area contributed by atoms with Crippen molar-refractivity contribution in [3.05, 3.63) is 35.0 Å². The molecule has 1 aromatic carbocycles. The molecule has 0 saturated heterocycles. The largest absolute Gasteiger partial charge is 0.396 e. The SMILES string of the molecule is OCC1(Cc2c[nH]c3cc(Cl)ccc23)CC1. The van der Waals surface area contributed by atoms with Gasteiger partial charge in [-0.3, -0.25) is 0 Å². The van der Waals surface area contributed by atoms with Crippen LogP contribution in [0.15, 0.2) is 24.4 Å². The summed E-state index contributed by atoms with van der Waals surface area (Å²) in [4.78, 5) is 3.24. The van der Waals surface area contributed by atoms with E-state index in [4.69, 9.17) is 11.6 Å². The van der Waals surface area contributed by atoms with Crippen LogP contribution in [0.5, 0.6) is 0 Å². The maximum Gasteiger partial charge on any atom is 0.0490 e. The van der Waals surface area contributed by atoms with Crippen LogP contribution in [0.3, 0.4) is 0 Å². The number of hydrogen-bond donors (Lipinski definition) is 2. The highest BCUT2D eigenvalue weighted by Crippen LogP contribution is 2.48. The summed E-state index contributed by atoms with van der Waals surface area (Å²) >= 11 is 5.94. The van der Waals surface area contributed by atoms with Crippen LogP contribution in [-0.2, 0) is 6.42 Å². The number of benzene rings is 1. The molecule has 0 atom stereocenters. The Labute approximate surface area is 99.2 Å². The summed E-state index contributed by atoms with van der Waals surface area (Å²) in [6, 6.07) is 5.91. The molecule has 2 N–H and O–H groups in total. The number of hydrogen-bond acceptors (Lipinski definition) is 1. The number of aromatic nitrogens is 1. The van der Waals surface area contributed by atoms with Gasteiger partial charge >= 0.3 is 0 Å². The highest BCUT2D eigenvalue weighted by Gasteiger charge is 2.42. The molecule has 0 unspecified atom stereocenters. The van der Waals surface area contributed by atoms with E-state index in [0.717, 1.165) is 29.8 Å². The van der Waals surface area contributed by atoms with Crippen LogP contribution in [0.25, 0.3) is 10.9 Å². The molecule has 1 saturated carbocycles. The third-order valence-electron chi connectivity index (χ3n) is 3.59. The van der Waals surface area contributed by atoms with Gasteiger partial charge in [-0.15, -0.1) is 0 Å². The molecule has 0 spiro atoms. The van der Waals surface area contributed by atoms with Crippen molar-refractivity contribution in [3.8, 4) is 0 Å². The van der Waals surface area contributed by atoms with Gasteiger partial charge in [-0.25, -0.2) is 0 Å². The Balaban J connectivity index is 1.98. The van der Waals surface area contributed by atoms with E-state index < -0.39 is 0 Å². The molecule has 1 aromatic heterocycles. The summed E-state index contributed by atoms with van der Waals surface area (Å²) in [6.07, 6.45) is 5.29. The standard InChI is InChI=1S/C13H14ClNO/c14-10-1-2-11-9(7-15-12(11)5-10)6-13(8-16)3-4-13/h1-2,5,7,15-16H,3-4,6,8H2. The molecule has 0 amide bonds. The number of halogens is 1. The van der Waals surface area contributed by atoms with Crippen LogP contribution in [0.4, 0.5) is 0 Å². The van der Waals surface area contributed by atoms with Crippen LogP contribution < -0.4 is 0 Å². The number of rotatable bonds is 3. The van der Waals surface area contributed by atoms with Gasteiger partial charge in [0.15, 0.2) is 0 Å². The van der Waals surface area contributed by atoms with Gasteiger partial charge in [0.2, 0.25) is 0 Å². The fourth-order valence-corrected chi connectivity index (χ4v) is 2.45. The summed E-state index contributed by atoms with van der Waals surface area (Å²) < 4.78 is 0. The molecular weight excluding hydrogens is 222 g/mol. The molecule has 2 aromatic rings. The minimum atomic E-state index is 0.161. The Morgan fingerprint density at radius 2 is 2.19 bits per heavy atom. The summed E-state index contributed by atoms with van der Waals surface area (Å²) in [7, 11) is 0. The lowest BCUT2D eigenvalue weighted by molar-refractivity contribution is 0.211. The average molecular weight is 236 g/mol. The Kier molecular flexibility index (Phi) is 2.23. The average Bonchev–Trinajstić information content (AvgIpc) is 2.95. The highest BCUT2D eigenvalue weighted by molar-refractivity contribution is 6.31. The lowest BCUT2D eigenvalue weighted by Crippen LogP contribution is -2.09. The second-order valence-electron chi connectivity index (χ2n) is 4.84. The predicted molar refractivity (Wildman–Crippen MR) is 65.8 cm³/mol. The van der Waals surface area contributed by atoms with Gasteiger partial charge in [0.05, 0.1) is 0 Å². The van der Waals surface area contributed by atoms with Gasteiger partial charge < -0.3 is 10.1 Å². The molecule has 1 heterocycles. The van der Waals surface area contributed by atoms with Crippen LogP contribution >= 0.6 is 11.6 Å². The van der Waals surface area contributed by atoms with Gasteiger partial charge in [0.1, 0.15) is 0 Å². The molecule has 1 aliphatic carbocycles. The zero-order chi connectivity index (χ0) is 11.2. The second-order valence-corrected chi connectivity index (χ2v) is 5.28. The van der Waals surface area contributed by atoms with Crippen molar-refractivity contribution in [3.63, 3.8) is 0 Å². The maximum absolute atomic E-state index is 9.34. The first-order chi connectivity index (χ1) is 7.72. The van der Waals surface area contributed by atoms with E-state index in [1.54, 1.807) is 0 Å². The molecule has 0 aliphatic heterocycles. The number of aliphatic hydroxyl groups excluding tert-OH is 1. The molecule has 3 heteroatoms. The van der Waals surface area contributed by atoms with E-state index in [2.05, 4.69) is 11.1 Å². The van der Waals surface area contributed by atoms with E-state index in [-0.39, 0.29) is 5.41 Å². The van der Waals surface area contributed by atoms with E-state index >= 15 is 0 Å². The van der Waals surface area contributed by atoms with Crippen molar-refractivity contribution in [1.82, 2.24) is 4.98 Å². The Morgan fingerprint density at radius 3 is 2.88 bits per heavy atom. The van der Waals surface area contributed by atoms with Gasteiger partial charge in [-0.1, -0.05) is 17.7 Å². The van der Waals surface area contributed by atoms with Gasteiger partial charge in [-0.2, -0.15) is 0 Å². The molecule has 1 fully saturated rings. The first kappa shape index (κ1) is 10.2. The maximum atomic E-state index is 9.34. The number of fused-ring (bicyclic) bond motifs is 1. The van der Waals surface area contributed by atoms with Crippen molar-refractivity contribution < 1.29 is 5.11 Å². The molecule has 1 aliphatic rings. The third kappa shape index (κ3) is 1.62. The smallest absolute Gasteiger partial charge is 0.0490 e. The summed E-state index contributed by atoms with van der Waals surface area (Å²) in [5.74, 6) is 0. The first-order valence-corrected chi connectivity index (χ1v) is 5.97. The molecule has 16 heavy (non-hydrogen) atoms. The zero-order valence-corrected chi connectivity index (χ0v) is 9.72. The van der Waals surface area contributed by atoms with E-state index in [0.29, 0.717) is 6.61 Å². The van der Waals surface area contributed by atoms with E-state index in [1.165, 1.54) is 10.9 Å². The van der Waals surface area contributed by atoms with Crippen molar-refractivity contribution in [2.75, 3.05) is 6.61 Å². The fraction of sp³-hybridized carbons (Fsp3) is 0.385. The zero-order valence-electron chi connectivity index (χ0n) is 8.96. The highest BCUT2D eigenvalue weighted by atomic mass is 35.5. The number of H-pyrrole nitrogens is 1. The van der Waals surface area contributed by atoms with Crippen LogP contribution in [0, 0.1) is 5.41 Å².